The topological polar surface area (TPSA) is 37.3 Å². The number of hydrogen-bond acceptors (Lipinski definition) is 2. The molecule has 23 heavy (non-hydrogen) atoms. The maximum Gasteiger partial charge on any atom is 0.186 e. The van der Waals surface area contributed by atoms with Gasteiger partial charge in [-0.3, -0.25) is 0 Å². The van der Waals surface area contributed by atoms with Crippen molar-refractivity contribution >= 4 is 22.8 Å². The van der Waals surface area contributed by atoms with E-state index in [1.807, 2.05) is 24.3 Å². The summed E-state index contributed by atoms with van der Waals surface area (Å²) in [6.07, 6.45) is 0.892. The van der Waals surface area contributed by atoms with Crippen molar-refractivity contribution in [1.29, 1.82) is 0 Å². The maximum absolute atomic E-state index is 11.0. The molecule has 116 valence electrons. The van der Waals surface area contributed by atoms with Gasteiger partial charge in [0.1, 0.15) is 0 Å². The number of benzene rings is 3. The Kier molecular flexibility index (Phi) is 5.28. The van der Waals surface area contributed by atoms with Crippen LogP contribution in [0.3, 0.4) is 0 Å². The molecular weight excluding hydrogens is 324 g/mol. The Morgan fingerprint density at radius 2 is 1.48 bits per heavy atom. The summed E-state index contributed by atoms with van der Waals surface area (Å²) in [7, 11) is 0. The van der Waals surface area contributed by atoms with E-state index >= 15 is 0 Å². The second-order valence-electron chi connectivity index (χ2n) is 5.09. The van der Waals surface area contributed by atoms with Gasteiger partial charge < -0.3 is 4.55 Å². The molecule has 3 aromatic rings. The lowest BCUT2D eigenvalue weighted by Crippen LogP contribution is -1.91. The summed E-state index contributed by atoms with van der Waals surface area (Å²) >= 11 is -0.251. The molecule has 0 heterocycles. The molecule has 2 nitrogen and oxygen atoms in total. The van der Waals surface area contributed by atoms with Crippen LogP contribution in [0.4, 0.5) is 0 Å². The van der Waals surface area contributed by atoms with Crippen LogP contribution in [-0.4, -0.2) is 8.76 Å². The van der Waals surface area contributed by atoms with Crippen LogP contribution >= 0.6 is 11.8 Å². The Balaban J connectivity index is 1.81. The molecule has 0 fully saturated rings. The van der Waals surface area contributed by atoms with E-state index in [1.165, 1.54) is 16.0 Å². The molecular formula is C19H16O2S2. The highest BCUT2D eigenvalue weighted by Crippen LogP contribution is 2.31. The van der Waals surface area contributed by atoms with Gasteiger partial charge in [0.15, 0.2) is 11.1 Å². The van der Waals surface area contributed by atoms with Crippen molar-refractivity contribution in [3.05, 3.63) is 90.0 Å². The average molecular weight is 340 g/mol. The summed E-state index contributed by atoms with van der Waals surface area (Å²) in [4.78, 5) is 2.68. The fourth-order valence-corrected chi connectivity index (χ4v) is 3.63. The zero-order valence-electron chi connectivity index (χ0n) is 12.4. The van der Waals surface area contributed by atoms with Gasteiger partial charge in [-0.25, -0.2) is 4.21 Å². The van der Waals surface area contributed by atoms with Crippen molar-refractivity contribution in [3.63, 3.8) is 0 Å². The fourth-order valence-electron chi connectivity index (χ4n) is 2.32. The number of rotatable bonds is 5. The highest BCUT2D eigenvalue weighted by molar-refractivity contribution is 7.99. The van der Waals surface area contributed by atoms with Gasteiger partial charge in [-0.1, -0.05) is 60.3 Å². The van der Waals surface area contributed by atoms with Crippen LogP contribution in [0.1, 0.15) is 11.1 Å². The minimum Gasteiger partial charge on any atom is -0.302 e. The van der Waals surface area contributed by atoms with Gasteiger partial charge in [-0.2, -0.15) is 0 Å². The molecule has 0 amide bonds. The molecule has 4 heteroatoms. The van der Waals surface area contributed by atoms with Crippen LogP contribution in [-0.2, 0) is 17.5 Å². The van der Waals surface area contributed by atoms with Crippen LogP contribution in [0, 0.1) is 0 Å². The van der Waals surface area contributed by atoms with Crippen molar-refractivity contribution in [3.8, 4) is 0 Å². The molecule has 0 spiro atoms. The summed E-state index contributed by atoms with van der Waals surface area (Å²) in [5.41, 5.74) is 2.56. The molecule has 3 aromatic carbocycles. The van der Waals surface area contributed by atoms with Crippen LogP contribution in [0.2, 0.25) is 0 Å². The van der Waals surface area contributed by atoms with E-state index in [-0.39, 0.29) is 0 Å². The van der Waals surface area contributed by atoms with Crippen molar-refractivity contribution in [2.24, 2.45) is 0 Å². The first kappa shape index (κ1) is 16.0. The quantitative estimate of drug-likeness (QED) is 0.663. The van der Waals surface area contributed by atoms with E-state index in [0.717, 1.165) is 11.3 Å². The second-order valence-corrected chi connectivity index (χ2v) is 7.18. The molecule has 0 saturated heterocycles. The summed E-state index contributed by atoms with van der Waals surface area (Å²) < 4.78 is 20.1. The zero-order chi connectivity index (χ0) is 16.1. The maximum atomic E-state index is 11.0. The van der Waals surface area contributed by atoms with E-state index in [4.69, 9.17) is 4.55 Å². The molecule has 0 bridgehead atoms. The van der Waals surface area contributed by atoms with Gasteiger partial charge in [-0.05, 0) is 47.9 Å². The first-order valence-corrected chi connectivity index (χ1v) is 9.15. The van der Waals surface area contributed by atoms with Crippen LogP contribution in [0.15, 0.2) is 93.5 Å². The van der Waals surface area contributed by atoms with Crippen molar-refractivity contribution in [1.82, 2.24) is 0 Å². The van der Waals surface area contributed by atoms with Crippen LogP contribution < -0.4 is 0 Å². The largest absolute Gasteiger partial charge is 0.302 e. The van der Waals surface area contributed by atoms with Crippen molar-refractivity contribution in [2.45, 2.75) is 21.1 Å². The Labute approximate surface area is 142 Å². The SMILES string of the molecule is O=S(O)c1ccc(Sc2ccccc2Cc2ccccc2)cc1. The summed E-state index contributed by atoms with van der Waals surface area (Å²) in [5.74, 6) is 0. The van der Waals surface area contributed by atoms with Gasteiger partial charge in [0.2, 0.25) is 0 Å². The molecule has 1 unspecified atom stereocenters. The fraction of sp³-hybridized carbons (Fsp3) is 0.0526. The zero-order valence-corrected chi connectivity index (χ0v) is 14.0. The Morgan fingerprint density at radius 3 is 2.17 bits per heavy atom. The van der Waals surface area contributed by atoms with Gasteiger partial charge in [0.05, 0.1) is 4.90 Å². The summed E-state index contributed by atoms with van der Waals surface area (Å²) in [5, 5.41) is 0. The van der Waals surface area contributed by atoms with Gasteiger partial charge in [0, 0.05) is 9.79 Å². The Morgan fingerprint density at radius 1 is 0.826 bits per heavy atom. The molecule has 1 N–H and O–H groups in total. The lowest BCUT2D eigenvalue weighted by Gasteiger charge is -2.09. The van der Waals surface area contributed by atoms with Crippen LogP contribution in [0.5, 0.6) is 0 Å². The van der Waals surface area contributed by atoms with E-state index in [9.17, 15) is 4.21 Å². The van der Waals surface area contributed by atoms with E-state index in [2.05, 4.69) is 42.5 Å². The normalized spacial score (nSPS) is 12.0. The Bertz CT molecular complexity index is 799. The third-order valence-corrected chi connectivity index (χ3v) is 5.26. The first-order chi connectivity index (χ1) is 11.2. The lowest BCUT2D eigenvalue weighted by molar-refractivity contribution is 0.564. The van der Waals surface area contributed by atoms with Gasteiger partial charge >= 0.3 is 0 Å². The van der Waals surface area contributed by atoms with Crippen molar-refractivity contribution < 1.29 is 8.76 Å². The van der Waals surface area contributed by atoms with E-state index in [0.29, 0.717) is 4.90 Å². The minimum absolute atomic E-state index is 0.423. The molecule has 0 aliphatic heterocycles. The molecule has 0 aromatic heterocycles. The van der Waals surface area contributed by atoms with E-state index < -0.39 is 11.1 Å². The molecule has 0 aliphatic carbocycles. The molecule has 3 rings (SSSR count). The molecule has 1 atom stereocenters. The third kappa shape index (κ3) is 4.32. The van der Waals surface area contributed by atoms with Crippen molar-refractivity contribution in [2.75, 3.05) is 0 Å². The molecule has 0 radical (unpaired) electrons. The molecule has 0 aliphatic rings. The predicted octanol–water partition coefficient (Wildman–Crippen LogP) is 5.01. The third-order valence-electron chi connectivity index (χ3n) is 3.46. The smallest absolute Gasteiger partial charge is 0.186 e. The number of hydrogen-bond donors (Lipinski definition) is 1. The highest BCUT2D eigenvalue weighted by atomic mass is 32.2. The monoisotopic (exact) mass is 340 g/mol. The highest BCUT2D eigenvalue weighted by Gasteiger charge is 2.06. The lowest BCUT2D eigenvalue weighted by atomic mass is 10.1. The Hall–Kier alpha value is -1.88. The average Bonchev–Trinajstić information content (AvgIpc) is 2.58. The van der Waals surface area contributed by atoms with Crippen LogP contribution in [0.25, 0.3) is 0 Å². The summed E-state index contributed by atoms with van der Waals surface area (Å²) in [6, 6.07) is 25.9. The first-order valence-electron chi connectivity index (χ1n) is 7.23. The standard InChI is InChI=1S/C19H16O2S2/c20-23(21)18-12-10-17(11-13-18)22-19-9-5-4-8-16(19)14-15-6-2-1-3-7-15/h1-13H,14H2,(H,20,21). The second kappa shape index (κ2) is 7.59. The van der Waals surface area contributed by atoms with E-state index in [1.54, 1.807) is 23.9 Å². The van der Waals surface area contributed by atoms with Gasteiger partial charge in [-0.15, -0.1) is 0 Å². The predicted molar refractivity (Wildman–Crippen MR) is 95.3 cm³/mol. The van der Waals surface area contributed by atoms with Gasteiger partial charge in [0.25, 0.3) is 0 Å². The molecule has 0 saturated carbocycles. The minimum atomic E-state index is -1.92. The summed E-state index contributed by atoms with van der Waals surface area (Å²) in [6.45, 7) is 0.